The maximum Gasteiger partial charge on any atom is 0.183 e. The van der Waals surface area contributed by atoms with Crippen LogP contribution in [-0.2, 0) is 18.3 Å². The van der Waals surface area contributed by atoms with Gasteiger partial charge >= 0.3 is 0 Å². The lowest BCUT2D eigenvalue weighted by molar-refractivity contribution is 0.184. The highest BCUT2D eigenvalue weighted by Gasteiger charge is 2.20. The molecule has 1 saturated heterocycles. The number of anilines is 1. The second-order valence-corrected chi connectivity index (χ2v) is 7.40. The molecule has 4 heterocycles. The Morgan fingerprint density at radius 1 is 1.32 bits per heavy atom. The summed E-state index contributed by atoms with van der Waals surface area (Å²) in [4.78, 5) is 5.77. The molecule has 3 aromatic rings. The molecule has 0 spiro atoms. The molecule has 0 radical (unpaired) electrons. The van der Waals surface area contributed by atoms with Crippen molar-refractivity contribution in [3.8, 4) is 10.6 Å². The van der Waals surface area contributed by atoms with E-state index in [4.69, 9.17) is 9.84 Å². The van der Waals surface area contributed by atoms with E-state index in [2.05, 4.69) is 21.5 Å². The van der Waals surface area contributed by atoms with Crippen molar-refractivity contribution in [1.82, 2.24) is 24.5 Å². The van der Waals surface area contributed by atoms with Crippen molar-refractivity contribution < 1.29 is 4.74 Å². The fourth-order valence-corrected chi connectivity index (χ4v) is 4.02. The van der Waals surface area contributed by atoms with Gasteiger partial charge in [0.2, 0.25) is 0 Å². The molecule has 1 aliphatic rings. The topological polar surface area (TPSA) is 69.8 Å². The molecule has 3 aromatic heterocycles. The zero-order chi connectivity index (χ0) is 17.4. The van der Waals surface area contributed by atoms with Gasteiger partial charge in [-0.2, -0.15) is 10.2 Å². The third-order valence-electron chi connectivity index (χ3n) is 4.46. The first-order chi connectivity index (χ1) is 12.1. The lowest BCUT2D eigenvalue weighted by atomic mass is 10.3. The second-order valence-electron chi connectivity index (χ2n) is 6.40. The van der Waals surface area contributed by atoms with Crippen LogP contribution in [0.25, 0.3) is 10.6 Å². The fourth-order valence-electron chi connectivity index (χ4n) is 3.10. The number of hydrogen-bond acceptors (Lipinski definition) is 6. The molecule has 0 aromatic carbocycles. The molecule has 1 N–H and O–H groups in total. The van der Waals surface area contributed by atoms with Crippen LogP contribution in [0.4, 0.5) is 5.13 Å². The van der Waals surface area contributed by atoms with Crippen molar-refractivity contribution in [1.29, 1.82) is 0 Å². The molecule has 0 amide bonds. The summed E-state index contributed by atoms with van der Waals surface area (Å²) in [5.41, 5.74) is 4.21. The van der Waals surface area contributed by atoms with Crippen LogP contribution in [0.1, 0.15) is 29.4 Å². The van der Waals surface area contributed by atoms with Gasteiger partial charge in [0.05, 0.1) is 28.9 Å². The van der Waals surface area contributed by atoms with Crippen LogP contribution in [-0.4, -0.2) is 37.8 Å². The second kappa shape index (κ2) is 6.61. The summed E-state index contributed by atoms with van der Waals surface area (Å²) in [5.74, 6) is 0. The maximum absolute atomic E-state index is 5.45. The molecule has 7 nitrogen and oxygen atoms in total. The highest BCUT2D eigenvalue weighted by Crippen LogP contribution is 2.32. The Kier molecular flexibility index (Phi) is 4.30. The van der Waals surface area contributed by atoms with Crippen molar-refractivity contribution in [2.45, 2.75) is 32.9 Å². The Morgan fingerprint density at radius 2 is 2.20 bits per heavy atom. The van der Waals surface area contributed by atoms with Gasteiger partial charge in [-0.05, 0) is 26.3 Å². The Labute approximate surface area is 150 Å². The predicted molar refractivity (Wildman–Crippen MR) is 97.8 cm³/mol. The van der Waals surface area contributed by atoms with Gasteiger partial charge in [0.25, 0.3) is 0 Å². The number of thiazole rings is 1. The maximum atomic E-state index is 5.45. The van der Waals surface area contributed by atoms with Crippen LogP contribution >= 0.6 is 11.3 Å². The number of nitrogens with one attached hydrogen (secondary N) is 1. The van der Waals surface area contributed by atoms with Gasteiger partial charge in [0.15, 0.2) is 5.13 Å². The van der Waals surface area contributed by atoms with Crippen molar-refractivity contribution >= 4 is 16.5 Å². The summed E-state index contributed by atoms with van der Waals surface area (Å²) >= 11 is 1.64. The van der Waals surface area contributed by atoms with Gasteiger partial charge in [0.1, 0.15) is 5.69 Å². The van der Waals surface area contributed by atoms with Crippen LogP contribution < -0.4 is 5.32 Å². The van der Waals surface area contributed by atoms with Crippen LogP contribution in [0, 0.1) is 13.8 Å². The number of hydrogen-bond donors (Lipinski definition) is 1. The quantitative estimate of drug-likeness (QED) is 0.759. The number of nitrogens with zero attached hydrogens (tertiary/aromatic N) is 5. The van der Waals surface area contributed by atoms with Crippen molar-refractivity contribution in [2.24, 2.45) is 7.05 Å². The largest absolute Gasteiger partial charge is 0.379 e. The minimum Gasteiger partial charge on any atom is -0.379 e. The predicted octanol–water partition coefficient (Wildman–Crippen LogP) is 2.93. The molecule has 25 heavy (non-hydrogen) atoms. The fraction of sp³-hybridized carbons (Fsp3) is 0.471. The van der Waals surface area contributed by atoms with Crippen LogP contribution in [0.15, 0.2) is 18.5 Å². The van der Waals surface area contributed by atoms with E-state index in [1.54, 1.807) is 11.3 Å². The van der Waals surface area contributed by atoms with Gasteiger partial charge in [-0.1, -0.05) is 11.3 Å². The van der Waals surface area contributed by atoms with Crippen molar-refractivity contribution in [3.63, 3.8) is 0 Å². The number of aromatic nitrogens is 5. The standard InChI is InChI=1S/C17H22N6OS/c1-11-13(9-22(3)20-11)8-18-17-19-12(2)16(25-17)15-4-6-23(21-15)14-5-7-24-10-14/h4,6,9,14H,5,7-8,10H2,1-3H3,(H,18,19)/t14-/m1/s1. The first-order valence-corrected chi connectivity index (χ1v) is 9.25. The third-order valence-corrected chi connectivity index (χ3v) is 5.60. The van der Waals surface area contributed by atoms with E-state index in [0.717, 1.165) is 53.3 Å². The molecule has 4 rings (SSSR count). The first kappa shape index (κ1) is 16.3. The van der Waals surface area contributed by atoms with Gasteiger partial charge < -0.3 is 10.1 Å². The average Bonchev–Trinajstić information content (AvgIpc) is 3.32. The molecule has 1 aliphatic heterocycles. The average molecular weight is 358 g/mol. The summed E-state index contributed by atoms with van der Waals surface area (Å²) in [6.07, 6.45) is 5.11. The molecular weight excluding hydrogens is 336 g/mol. The SMILES string of the molecule is Cc1nn(C)cc1CNc1nc(C)c(-c2ccn([C@@H]3CCOC3)n2)s1. The van der Waals surface area contributed by atoms with E-state index < -0.39 is 0 Å². The first-order valence-electron chi connectivity index (χ1n) is 8.44. The van der Waals surface area contributed by atoms with Gasteiger partial charge in [-0.3, -0.25) is 9.36 Å². The minimum absolute atomic E-state index is 0.355. The lowest BCUT2D eigenvalue weighted by Crippen LogP contribution is -2.08. The summed E-state index contributed by atoms with van der Waals surface area (Å²) in [7, 11) is 1.94. The molecule has 1 fully saturated rings. The summed E-state index contributed by atoms with van der Waals surface area (Å²) in [6.45, 7) is 6.35. The number of rotatable bonds is 5. The van der Waals surface area contributed by atoms with E-state index >= 15 is 0 Å². The van der Waals surface area contributed by atoms with E-state index in [-0.39, 0.29) is 0 Å². The number of aryl methyl sites for hydroxylation is 3. The van der Waals surface area contributed by atoms with Gasteiger partial charge in [0, 0.05) is 38.2 Å². The molecule has 0 unspecified atom stereocenters. The molecular formula is C17H22N6OS. The molecule has 0 aliphatic carbocycles. The molecule has 8 heteroatoms. The molecule has 0 saturated carbocycles. The van der Waals surface area contributed by atoms with Crippen LogP contribution in [0.2, 0.25) is 0 Å². The van der Waals surface area contributed by atoms with E-state index in [0.29, 0.717) is 6.04 Å². The monoisotopic (exact) mass is 358 g/mol. The van der Waals surface area contributed by atoms with Crippen molar-refractivity contribution in [3.05, 3.63) is 35.4 Å². The van der Waals surface area contributed by atoms with Crippen LogP contribution in [0.5, 0.6) is 0 Å². The smallest absolute Gasteiger partial charge is 0.183 e. The molecule has 0 bridgehead atoms. The number of ether oxygens (including phenoxy) is 1. The van der Waals surface area contributed by atoms with E-state index in [9.17, 15) is 0 Å². The summed E-state index contributed by atoms with van der Waals surface area (Å²) < 4.78 is 9.31. The van der Waals surface area contributed by atoms with Crippen LogP contribution in [0.3, 0.4) is 0 Å². The van der Waals surface area contributed by atoms with Crippen molar-refractivity contribution in [2.75, 3.05) is 18.5 Å². The van der Waals surface area contributed by atoms with E-state index in [1.165, 1.54) is 5.56 Å². The Balaban J connectivity index is 1.49. The third kappa shape index (κ3) is 3.32. The molecule has 1 atom stereocenters. The molecule has 132 valence electrons. The summed E-state index contributed by atoms with van der Waals surface area (Å²) in [5, 5.41) is 13.4. The van der Waals surface area contributed by atoms with E-state index in [1.807, 2.05) is 42.7 Å². The Morgan fingerprint density at radius 3 is 2.92 bits per heavy atom. The highest BCUT2D eigenvalue weighted by atomic mass is 32.1. The zero-order valence-corrected chi connectivity index (χ0v) is 15.5. The minimum atomic E-state index is 0.355. The zero-order valence-electron chi connectivity index (χ0n) is 14.7. The normalized spacial score (nSPS) is 17.3. The lowest BCUT2D eigenvalue weighted by Gasteiger charge is -2.06. The Bertz CT molecular complexity index is 874. The Hall–Kier alpha value is -2.19. The highest BCUT2D eigenvalue weighted by molar-refractivity contribution is 7.19. The summed E-state index contributed by atoms with van der Waals surface area (Å²) in [6, 6.07) is 2.42. The van der Waals surface area contributed by atoms with Gasteiger partial charge in [-0.15, -0.1) is 0 Å². The van der Waals surface area contributed by atoms with Gasteiger partial charge in [-0.25, -0.2) is 4.98 Å².